The highest BCUT2D eigenvalue weighted by Gasteiger charge is 2.25. The van der Waals surface area contributed by atoms with Crippen LogP contribution in [0.1, 0.15) is 5.56 Å². The van der Waals surface area contributed by atoms with E-state index in [-0.39, 0.29) is 17.8 Å². The lowest BCUT2D eigenvalue weighted by Crippen LogP contribution is -2.25. The van der Waals surface area contributed by atoms with Crippen molar-refractivity contribution in [2.45, 2.75) is 0 Å². The quantitative estimate of drug-likeness (QED) is 0.756. The van der Waals surface area contributed by atoms with Crippen molar-refractivity contribution in [1.82, 2.24) is 5.32 Å². The van der Waals surface area contributed by atoms with Crippen LogP contribution in [0.5, 0.6) is 5.75 Å². The number of hydrogen-bond acceptors (Lipinski definition) is 5. The fourth-order valence-electron chi connectivity index (χ4n) is 1.76. The Bertz CT molecular complexity index is 639. The lowest BCUT2D eigenvalue weighted by molar-refractivity contribution is -0.118. The SMILES string of the molecule is O=C1COc2ccc(C=C3SC(=O)NC3=O)cc2N1. The van der Waals surface area contributed by atoms with E-state index in [1.54, 1.807) is 24.3 Å². The highest BCUT2D eigenvalue weighted by molar-refractivity contribution is 8.18. The molecule has 1 aromatic rings. The number of benzene rings is 1. The van der Waals surface area contributed by atoms with Gasteiger partial charge in [0.15, 0.2) is 6.61 Å². The number of anilines is 1. The molecular weight excluding hydrogens is 268 g/mol. The van der Waals surface area contributed by atoms with Crippen LogP contribution in [-0.4, -0.2) is 23.7 Å². The zero-order valence-electron chi connectivity index (χ0n) is 9.56. The van der Waals surface area contributed by atoms with Gasteiger partial charge in [-0.05, 0) is 35.5 Å². The van der Waals surface area contributed by atoms with Crippen LogP contribution in [0.15, 0.2) is 23.1 Å². The van der Waals surface area contributed by atoms with Crippen molar-refractivity contribution in [2.75, 3.05) is 11.9 Å². The number of ether oxygens (including phenoxy) is 1. The van der Waals surface area contributed by atoms with Crippen molar-refractivity contribution in [3.63, 3.8) is 0 Å². The summed E-state index contributed by atoms with van der Waals surface area (Å²) in [6, 6.07) is 5.15. The van der Waals surface area contributed by atoms with Gasteiger partial charge in [-0.1, -0.05) is 6.07 Å². The molecule has 2 aliphatic rings. The molecule has 0 aliphatic carbocycles. The maximum atomic E-state index is 11.4. The molecule has 0 aromatic heterocycles. The zero-order valence-corrected chi connectivity index (χ0v) is 10.4. The molecular formula is C12H8N2O4S. The molecule has 0 saturated carbocycles. The number of carbonyl (C=O) groups excluding carboxylic acids is 3. The molecule has 2 heterocycles. The monoisotopic (exact) mass is 276 g/mol. The third-order valence-electron chi connectivity index (χ3n) is 2.58. The summed E-state index contributed by atoms with van der Waals surface area (Å²) in [5, 5.41) is 4.47. The van der Waals surface area contributed by atoms with Gasteiger partial charge in [-0.2, -0.15) is 0 Å². The fraction of sp³-hybridized carbons (Fsp3) is 0.0833. The Morgan fingerprint density at radius 1 is 1.21 bits per heavy atom. The van der Waals surface area contributed by atoms with E-state index in [1.165, 1.54) is 0 Å². The maximum absolute atomic E-state index is 11.4. The number of rotatable bonds is 1. The van der Waals surface area contributed by atoms with E-state index in [0.717, 1.165) is 11.8 Å². The fourth-order valence-corrected chi connectivity index (χ4v) is 2.45. The number of imide groups is 1. The number of hydrogen-bond donors (Lipinski definition) is 2. The van der Waals surface area contributed by atoms with Gasteiger partial charge in [-0.25, -0.2) is 0 Å². The Morgan fingerprint density at radius 2 is 2.05 bits per heavy atom. The Labute approximate surface area is 112 Å². The summed E-state index contributed by atoms with van der Waals surface area (Å²) >= 11 is 0.849. The lowest BCUT2D eigenvalue weighted by Gasteiger charge is -2.17. The molecule has 6 nitrogen and oxygen atoms in total. The average molecular weight is 276 g/mol. The second-order valence-corrected chi connectivity index (χ2v) is 4.96. The molecule has 3 amide bonds. The smallest absolute Gasteiger partial charge is 0.290 e. The first kappa shape index (κ1) is 11.8. The molecule has 96 valence electrons. The van der Waals surface area contributed by atoms with Crippen LogP contribution in [0.2, 0.25) is 0 Å². The van der Waals surface area contributed by atoms with Crippen molar-refractivity contribution in [2.24, 2.45) is 0 Å². The highest BCUT2D eigenvalue weighted by atomic mass is 32.2. The van der Waals surface area contributed by atoms with Crippen molar-refractivity contribution >= 4 is 40.6 Å². The number of nitrogens with one attached hydrogen (secondary N) is 2. The van der Waals surface area contributed by atoms with Crippen LogP contribution in [0.25, 0.3) is 6.08 Å². The lowest BCUT2D eigenvalue weighted by atomic mass is 10.1. The first-order valence-electron chi connectivity index (χ1n) is 5.43. The second kappa shape index (κ2) is 4.43. The van der Waals surface area contributed by atoms with E-state index in [2.05, 4.69) is 10.6 Å². The van der Waals surface area contributed by atoms with Gasteiger partial charge in [0.2, 0.25) is 0 Å². The summed E-state index contributed by atoms with van der Waals surface area (Å²) in [4.78, 5) is 34.0. The Kier molecular flexibility index (Phi) is 2.75. The van der Waals surface area contributed by atoms with Crippen LogP contribution in [-0.2, 0) is 9.59 Å². The first-order chi connectivity index (χ1) is 9.11. The van der Waals surface area contributed by atoms with Crippen molar-refractivity contribution in [3.05, 3.63) is 28.7 Å². The van der Waals surface area contributed by atoms with Gasteiger partial charge in [-0.15, -0.1) is 0 Å². The predicted molar refractivity (Wildman–Crippen MR) is 69.7 cm³/mol. The zero-order chi connectivity index (χ0) is 13.4. The highest BCUT2D eigenvalue weighted by Crippen LogP contribution is 2.31. The minimum Gasteiger partial charge on any atom is -0.482 e. The molecule has 3 rings (SSSR count). The van der Waals surface area contributed by atoms with E-state index in [1.807, 2.05) is 0 Å². The van der Waals surface area contributed by atoms with Gasteiger partial charge >= 0.3 is 0 Å². The maximum Gasteiger partial charge on any atom is 0.290 e. The molecule has 2 N–H and O–H groups in total. The molecule has 0 bridgehead atoms. The van der Waals surface area contributed by atoms with E-state index in [4.69, 9.17) is 4.74 Å². The summed E-state index contributed by atoms with van der Waals surface area (Å²) in [6.45, 7) is 0.000194. The predicted octanol–water partition coefficient (Wildman–Crippen LogP) is 1.34. The largest absolute Gasteiger partial charge is 0.482 e. The van der Waals surface area contributed by atoms with E-state index in [9.17, 15) is 14.4 Å². The summed E-state index contributed by atoms with van der Waals surface area (Å²) in [5.41, 5.74) is 1.26. The Balaban J connectivity index is 1.92. The molecule has 0 radical (unpaired) electrons. The van der Waals surface area contributed by atoms with E-state index < -0.39 is 5.91 Å². The standard InChI is InChI=1S/C12H8N2O4S/c15-10-5-18-8-2-1-6(3-7(8)13-10)4-9-11(16)14-12(17)19-9/h1-4H,5H2,(H,13,15)(H,14,16,17). The third kappa shape index (κ3) is 2.32. The molecule has 7 heteroatoms. The van der Waals surface area contributed by atoms with Gasteiger partial charge in [-0.3, -0.25) is 19.7 Å². The summed E-state index contributed by atoms with van der Waals surface area (Å²) in [7, 11) is 0. The van der Waals surface area contributed by atoms with Crippen molar-refractivity contribution in [3.8, 4) is 5.75 Å². The van der Waals surface area contributed by atoms with Gasteiger partial charge in [0.25, 0.3) is 17.1 Å². The normalized spacial score (nSPS) is 19.8. The molecule has 0 atom stereocenters. The van der Waals surface area contributed by atoms with Gasteiger partial charge in [0.05, 0.1) is 10.6 Å². The molecule has 0 unspecified atom stereocenters. The topological polar surface area (TPSA) is 84.5 Å². The minimum atomic E-state index is -0.409. The number of carbonyl (C=O) groups is 3. The number of amides is 3. The first-order valence-corrected chi connectivity index (χ1v) is 6.25. The van der Waals surface area contributed by atoms with Crippen LogP contribution in [0, 0.1) is 0 Å². The molecule has 1 aromatic carbocycles. The van der Waals surface area contributed by atoms with Crippen molar-refractivity contribution in [1.29, 1.82) is 0 Å². The average Bonchev–Trinajstić information content (AvgIpc) is 2.67. The molecule has 2 aliphatic heterocycles. The number of fused-ring (bicyclic) bond motifs is 1. The molecule has 0 spiro atoms. The molecule has 19 heavy (non-hydrogen) atoms. The van der Waals surface area contributed by atoms with Crippen LogP contribution >= 0.6 is 11.8 Å². The van der Waals surface area contributed by atoms with Crippen molar-refractivity contribution < 1.29 is 19.1 Å². The summed E-state index contributed by atoms with van der Waals surface area (Å²) in [5.74, 6) is -0.0465. The number of thioether (sulfide) groups is 1. The van der Waals surface area contributed by atoms with E-state index >= 15 is 0 Å². The molecule has 1 fully saturated rings. The van der Waals surface area contributed by atoms with Crippen LogP contribution < -0.4 is 15.4 Å². The van der Waals surface area contributed by atoms with Gasteiger partial charge < -0.3 is 10.1 Å². The van der Waals surface area contributed by atoms with Crippen LogP contribution in [0.4, 0.5) is 10.5 Å². The van der Waals surface area contributed by atoms with E-state index in [0.29, 0.717) is 21.9 Å². The van der Waals surface area contributed by atoms with Crippen LogP contribution in [0.3, 0.4) is 0 Å². The summed E-state index contributed by atoms with van der Waals surface area (Å²) < 4.78 is 5.23. The Morgan fingerprint density at radius 3 is 2.79 bits per heavy atom. The van der Waals surface area contributed by atoms with Gasteiger partial charge in [0.1, 0.15) is 5.75 Å². The Hall–Kier alpha value is -2.28. The van der Waals surface area contributed by atoms with Gasteiger partial charge in [0, 0.05) is 0 Å². The molecule has 1 saturated heterocycles. The summed E-state index contributed by atoms with van der Waals surface area (Å²) in [6.07, 6.45) is 1.59. The second-order valence-electron chi connectivity index (χ2n) is 3.94. The minimum absolute atomic E-state index is 0.000194. The third-order valence-corrected chi connectivity index (χ3v) is 3.39.